The lowest BCUT2D eigenvalue weighted by Crippen LogP contribution is -2.43. The Bertz CT molecular complexity index is 1480. The number of aromatic nitrogens is 4. The Hall–Kier alpha value is -2.58. The molecule has 0 radical (unpaired) electrons. The number of ether oxygens (including phenoxy) is 3. The zero-order valence-electron chi connectivity index (χ0n) is 26.6. The van der Waals surface area contributed by atoms with Gasteiger partial charge in [0.25, 0.3) is 10.1 Å². The zero-order chi connectivity index (χ0) is 31.4. The summed E-state index contributed by atoms with van der Waals surface area (Å²) in [4.78, 5) is 9.13. The molecule has 0 amide bonds. The van der Waals surface area contributed by atoms with Crippen molar-refractivity contribution in [2.75, 3.05) is 26.1 Å². The van der Waals surface area contributed by atoms with Gasteiger partial charge in [0.1, 0.15) is 23.7 Å². The predicted molar refractivity (Wildman–Crippen MR) is 168 cm³/mol. The van der Waals surface area contributed by atoms with E-state index < -0.39 is 24.5 Å². The molecule has 0 N–H and O–H groups in total. The Kier molecular flexibility index (Phi) is 10.5. The van der Waals surface area contributed by atoms with Gasteiger partial charge in [-0.05, 0) is 75.9 Å². The van der Waals surface area contributed by atoms with Crippen LogP contribution in [0.25, 0.3) is 22.3 Å². The third kappa shape index (κ3) is 8.97. The van der Waals surface area contributed by atoms with E-state index in [2.05, 4.69) is 51.0 Å². The lowest BCUT2D eigenvalue weighted by molar-refractivity contribution is -0.0365. The van der Waals surface area contributed by atoms with Gasteiger partial charge in [-0.15, -0.1) is 0 Å². The van der Waals surface area contributed by atoms with Crippen LogP contribution in [0.4, 0.5) is 0 Å². The lowest BCUT2D eigenvalue weighted by Gasteiger charge is -2.36. The van der Waals surface area contributed by atoms with E-state index in [1.807, 2.05) is 17.7 Å². The Labute approximate surface area is 256 Å². The molecule has 238 valence electrons. The van der Waals surface area contributed by atoms with Crippen LogP contribution in [-0.4, -0.2) is 74.8 Å². The van der Waals surface area contributed by atoms with Crippen molar-refractivity contribution in [3.05, 3.63) is 30.6 Å². The van der Waals surface area contributed by atoms with Gasteiger partial charge in [0.15, 0.2) is 6.23 Å². The Balaban J connectivity index is 1.53. The number of hydrogen-bond donors (Lipinski definition) is 0. The van der Waals surface area contributed by atoms with Crippen LogP contribution in [0.15, 0.2) is 30.6 Å². The normalized spacial score (nSPS) is 18.0. The monoisotopic (exact) mass is 634 g/mol. The van der Waals surface area contributed by atoms with Crippen LogP contribution in [0.5, 0.6) is 11.6 Å². The first kappa shape index (κ1) is 33.3. The van der Waals surface area contributed by atoms with Gasteiger partial charge in [-0.1, -0.05) is 20.8 Å². The van der Waals surface area contributed by atoms with Crippen LogP contribution in [0.2, 0.25) is 18.1 Å². The quantitative estimate of drug-likeness (QED) is 0.161. The molecule has 0 spiro atoms. The Morgan fingerprint density at radius 1 is 1.14 bits per heavy atom. The van der Waals surface area contributed by atoms with E-state index in [4.69, 9.17) is 32.9 Å². The van der Waals surface area contributed by atoms with E-state index >= 15 is 0 Å². The van der Waals surface area contributed by atoms with Gasteiger partial charge in [-0.25, -0.2) is 9.67 Å². The number of benzene rings is 1. The van der Waals surface area contributed by atoms with Crippen LogP contribution >= 0.6 is 0 Å². The molecule has 0 bridgehead atoms. The average molecular weight is 635 g/mol. The molecule has 0 saturated carbocycles. The summed E-state index contributed by atoms with van der Waals surface area (Å²) in [7, 11) is -5.56. The first-order valence-corrected chi connectivity index (χ1v) is 19.6. The maximum atomic E-state index is 11.3. The third-order valence-electron chi connectivity index (χ3n) is 7.87. The highest BCUT2D eigenvalue weighted by atomic mass is 32.2. The molecule has 0 aliphatic carbocycles. The van der Waals surface area contributed by atoms with Crippen molar-refractivity contribution >= 4 is 29.3 Å². The molecule has 4 rings (SSSR count). The molecule has 1 unspecified atom stereocenters. The van der Waals surface area contributed by atoms with E-state index in [1.165, 1.54) is 0 Å². The number of nitrogens with zero attached hydrogens (tertiary/aromatic N) is 4. The van der Waals surface area contributed by atoms with Crippen molar-refractivity contribution in [3.8, 4) is 23.0 Å². The second-order valence-electron chi connectivity index (χ2n) is 12.8. The summed E-state index contributed by atoms with van der Waals surface area (Å²) in [6, 6.07) is 6.13. The molecule has 3 atom stereocenters. The largest absolute Gasteiger partial charge is 0.543 e. The fourth-order valence-electron chi connectivity index (χ4n) is 4.52. The van der Waals surface area contributed by atoms with Crippen LogP contribution in [0.3, 0.4) is 0 Å². The summed E-state index contributed by atoms with van der Waals surface area (Å²) < 4.78 is 53.9. The summed E-state index contributed by atoms with van der Waals surface area (Å²) >= 11 is 0. The van der Waals surface area contributed by atoms with Gasteiger partial charge in [0.2, 0.25) is 14.2 Å². The van der Waals surface area contributed by atoms with Gasteiger partial charge in [-0.3, -0.25) is 9.17 Å². The molecule has 1 saturated heterocycles. The van der Waals surface area contributed by atoms with Gasteiger partial charge in [0, 0.05) is 18.6 Å². The van der Waals surface area contributed by atoms with Crippen molar-refractivity contribution in [3.63, 3.8) is 0 Å². The van der Waals surface area contributed by atoms with E-state index in [0.717, 1.165) is 42.2 Å². The minimum absolute atomic E-state index is 0.0606. The second kappa shape index (κ2) is 13.6. The van der Waals surface area contributed by atoms with Crippen molar-refractivity contribution in [2.24, 2.45) is 0 Å². The molecule has 11 nitrogen and oxygen atoms in total. The van der Waals surface area contributed by atoms with Gasteiger partial charge < -0.3 is 18.6 Å². The minimum atomic E-state index is -3.50. The number of fused-ring (bicyclic) bond motifs is 1. The molecule has 1 aliphatic heterocycles. The number of rotatable bonds is 13. The van der Waals surface area contributed by atoms with Crippen LogP contribution in [-0.2, 0) is 23.8 Å². The van der Waals surface area contributed by atoms with Crippen molar-refractivity contribution in [1.29, 1.82) is 0 Å². The Morgan fingerprint density at radius 3 is 2.58 bits per heavy atom. The molecular formula is C30H46N4O7SSi. The standard InChI is InChI=1S/C30H46N4O7SSi/c1-21(40-42(6,35)36)14-16-37-22(2)20-39-27-19-31-18-25(32-27)29-24-17-23(41-43(7,8)30(3,4)5)12-13-26(24)34(33-29)28-11-9-10-15-38-28/h12-13,17-19,21-22,28H,9-11,14-16,20H2,1-8H3/t21-,22-,28?/m1/s1. The van der Waals surface area contributed by atoms with Crippen molar-refractivity contribution in [1.82, 2.24) is 19.7 Å². The van der Waals surface area contributed by atoms with Crippen LogP contribution in [0.1, 0.15) is 66.5 Å². The van der Waals surface area contributed by atoms with Gasteiger partial charge in [0.05, 0.1) is 36.4 Å². The van der Waals surface area contributed by atoms with Gasteiger partial charge >= 0.3 is 0 Å². The molecule has 3 aromatic rings. The summed E-state index contributed by atoms with van der Waals surface area (Å²) in [5.41, 5.74) is 2.22. The molecule has 2 aromatic heterocycles. The van der Waals surface area contributed by atoms with E-state index in [0.29, 0.717) is 36.9 Å². The molecule has 3 heterocycles. The molecule has 13 heteroatoms. The maximum Gasteiger partial charge on any atom is 0.264 e. The highest BCUT2D eigenvalue weighted by Gasteiger charge is 2.39. The van der Waals surface area contributed by atoms with Crippen molar-refractivity contribution in [2.45, 2.75) is 96.9 Å². The summed E-state index contributed by atoms with van der Waals surface area (Å²) in [5, 5.41) is 5.97. The lowest BCUT2D eigenvalue weighted by atomic mass is 10.1. The summed E-state index contributed by atoms with van der Waals surface area (Å²) in [5.74, 6) is 1.17. The first-order valence-electron chi connectivity index (χ1n) is 14.9. The molecule has 1 fully saturated rings. The minimum Gasteiger partial charge on any atom is -0.543 e. The molecule has 43 heavy (non-hydrogen) atoms. The molecule has 1 aliphatic rings. The maximum absolute atomic E-state index is 11.3. The zero-order valence-corrected chi connectivity index (χ0v) is 28.4. The summed E-state index contributed by atoms with van der Waals surface area (Å²) in [6.07, 6.45) is 6.88. The number of hydrogen-bond acceptors (Lipinski definition) is 10. The van der Waals surface area contributed by atoms with Crippen molar-refractivity contribution < 1.29 is 31.2 Å². The second-order valence-corrected chi connectivity index (χ2v) is 19.1. The first-order chi connectivity index (χ1) is 20.1. The van der Waals surface area contributed by atoms with Gasteiger partial charge in [-0.2, -0.15) is 13.5 Å². The topological polar surface area (TPSA) is 124 Å². The van der Waals surface area contributed by atoms with E-state index in [9.17, 15) is 8.42 Å². The fourth-order valence-corrected chi connectivity index (χ4v) is 6.24. The third-order valence-corrected chi connectivity index (χ3v) is 12.9. The van der Waals surface area contributed by atoms with E-state index in [1.54, 1.807) is 19.3 Å². The molecule has 1 aromatic carbocycles. The highest BCUT2D eigenvalue weighted by Crippen LogP contribution is 2.39. The van der Waals surface area contributed by atoms with E-state index in [-0.39, 0.29) is 24.0 Å². The highest BCUT2D eigenvalue weighted by molar-refractivity contribution is 7.86. The Morgan fingerprint density at radius 2 is 1.91 bits per heavy atom. The molecular weight excluding hydrogens is 589 g/mol. The van der Waals surface area contributed by atoms with Crippen LogP contribution < -0.4 is 9.16 Å². The predicted octanol–water partition coefficient (Wildman–Crippen LogP) is 6.12. The average Bonchev–Trinajstić information content (AvgIpc) is 3.29. The summed E-state index contributed by atoms with van der Waals surface area (Å²) in [6.45, 7) is 16.0. The smallest absolute Gasteiger partial charge is 0.264 e. The fraction of sp³-hybridized carbons (Fsp3) is 0.633. The van der Waals surface area contributed by atoms with Crippen LogP contribution in [0, 0.1) is 0 Å². The SMILES string of the molecule is C[C@H](COc1cncc(-c2nn(C3CCCCO3)c3ccc(O[Si](C)(C)C(C)(C)C)cc23)n1)OCC[C@@H](C)OS(C)(=O)=O.